The summed E-state index contributed by atoms with van der Waals surface area (Å²) in [4.78, 5) is 14.0. The Kier molecular flexibility index (Phi) is 7.52. The number of hydrogen-bond acceptors (Lipinski definition) is 3. The zero-order chi connectivity index (χ0) is 16.5. The molecule has 23 heavy (non-hydrogen) atoms. The molecular formula is C18H29N2O3+. The van der Waals surface area contributed by atoms with Crippen LogP contribution in [-0.4, -0.2) is 52.0 Å². The highest BCUT2D eigenvalue weighted by Gasteiger charge is 2.32. The van der Waals surface area contributed by atoms with Crippen molar-refractivity contribution >= 4 is 5.91 Å². The van der Waals surface area contributed by atoms with Crippen LogP contribution in [-0.2, 0) is 14.3 Å². The van der Waals surface area contributed by atoms with Crippen LogP contribution in [0.1, 0.15) is 30.5 Å². The van der Waals surface area contributed by atoms with E-state index in [4.69, 9.17) is 9.47 Å². The summed E-state index contributed by atoms with van der Waals surface area (Å²) in [6, 6.07) is 8.13. The van der Waals surface area contributed by atoms with Crippen molar-refractivity contribution < 1.29 is 19.2 Å². The fourth-order valence-corrected chi connectivity index (χ4v) is 2.89. The van der Waals surface area contributed by atoms with Gasteiger partial charge in [-0.2, -0.15) is 0 Å². The minimum absolute atomic E-state index is 0.0993. The van der Waals surface area contributed by atoms with Crippen LogP contribution in [0.5, 0.6) is 0 Å². The third-order valence-corrected chi connectivity index (χ3v) is 4.18. The minimum atomic E-state index is -0.161. The van der Waals surface area contributed by atoms with Gasteiger partial charge in [-0.05, 0) is 20.3 Å². The number of carbonyl (C=O) groups is 1. The molecule has 2 rings (SSSR count). The summed E-state index contributed by atoms with van der Waals surface area (Å²) in [7, 11) is 0. The van der Waals surface area contributed by atoms with Crippen molar-refractivity contribution in [3.8, 4) is 0 Å². The molecule has 5 heteroatoms. The van der Waals surface area contributed by atoms with Crippen molar-refractivity contribution in [1.29, 1.82) is 0 Å². The van der Waals surface area contributed by atoms with E-state index in [0.29, 0.717) is 13.2 Å². The number of carbonyl (C=O) groups excluding carboxylic acids is 1. The lowest BCUT2D eigenvalue weighted by Crippen LogP contribution is -3.15. The third-order valence-electron chi connectivity index (χ3n) is 4.18. The molecule has 1 heterocycles. The number of benzene rings is 1. The van der Waals surface area contributed by atoms with Crippen molar-refractivity contribution in [2.45, 2.75) is 26.3 Å². The molecule has 0 bridgehead atoms. The monoisotopic (exact) mass is 321 g/mol. The van der Waals surface area contributed by atoms with Gasteiger partial charge in [-0.25, -0.2) is 0 Å². The first-order valence-electron chi connectivity index (χ1n) is 8.56. The lowest BCUT2D eigenvalue weighted by Gasteiger charge is -2.31. The first kappa shape index (κ1) is 17.9. The first-order chi connectivity index (χ1) is 11.2. The molecule has 1 aliphatic heterocycles. The van der Waals surface area contributed by atoms with Gasteiger partial charge < -0.3 is 19.7 Å². The zero-order valence-electron chi connectivity index (χ0n) is 14.3. The van der Waals surface area contributed by atoms with Gasteiger partial charge in [0.05, 0.1) is 13.2 Å². The average molecular weight is 321 g/mol. The molecule has 1 amide bonds. The summed E-state index contributed by atoms with van der Waals surface area (Å²) < 4.78 is 10.8. The SMILES string of the molecule is CCOCCCNC(=O)C(c1ccc(C)cc1)[NH+]1CCOCC1. The number of nitrogens with one attached hydrogen (secondary N) is 2. The maximum atomic E-state index is 12.7. The van der Waals surface area contributed by atoms with Gasteiger partial charge in [0, 0.05) is 25.3 Å². The van der Waals surface area contributed by atoms with Crippen molar-refractivity contribution in [2.75, 3.05) is 46.1 Å². The summed E-state index contributed by atoms with van der Waals surface area (Å²) in [5, 5.41) is 3.07. The number of quaternary nitrogens is 1. The second-order valence-electron chi connectivity index (χ2n) is 5.96. The molecular weight excluding hydrogens is 292 g/mol. The Bertz CT molecular complexity index is 470. The topological polar surface area (TPSA) is 52.0 Å². The molecule has 0 aliphatic carbocycles. The van der Waals surface area contributed by atoms with Crippen molar-refractivity contribution in [3.05, 3.63) is 35.4 Å². The highest BCUT2D eigenvalue weighted by atomic mass is 16.5. The smallest absolute Gasteiger partial charge is 0.283 e. The molecule has 1 atom stereocenters. The molecule has 1 saturated heterocycles. The first-order valence-corrected chi connectivity index (χ1v) is 8.56. The highest BCUT2D eigenvalue weighted by Crippen LogP contribution is 2.12. The second-order valence-corrected chi connectivity index (χ2v) is 5.96. The Labute approximate surface area is 139 Å². The van der Waals surface area contributed by atoms with E-state index in [-0.39, 0.29) is 11.9 Å². The van der Waals surface area contributed by atoms with E-state index in [1.54, 1.807) is 0 Å². The Morgan fingerprint density at radius 2 is 2.00 bits per heavy atom. The summed E-state index contributed by atoms with van der Waals surface area (Å²) in [5.41, 5.74) is 2.29. The number of amides is 1. The van der Waals surface area contributed by atoms with Crippen molar-refractivity contribution in [3.63, 3.8) is 0 Å². The molecule has 128 valence electrons. The summed E-state index contributed by atoms with van der Waals surface area (Å²) in [6.07, 6.45) is 0.846. The van der Waals surface area contributed by atoms with Crippen LogP contribution in [0.15, 0.2) is 24.3 Å². The molecule has 1 fully saturated rings. The number of ether oxygens (including phenoxy) is 2. The standard InChI is InChI=1S/C18H28N2O3/c1-3-22-12-4-9-19-18(21)17(20-10-13-23-14-11-20)16-7-5-15(2)6-8-16/h5-8,17H,3-4,9-14H2,1-2H3,(H,19,21)/p+1. The molecule has 0 saturated carbocycles. The lowest BCUT2D eigenvalue weighted by molar-refractivity contribution is -0.929. The van der Waals surface area contributed by atoms with Crippen LogP contribution in [0.2, 0.25) is 0 Å². The molecule has 2 N–H and O–H groups in total. The van der Waals surface area contributed by atoms with Crippen LogP contribution in [0.3, 0.4) is 0 Å². The van der Waals surface area contributed by atoms with Crippen molar-refractivity contribution in [2.24, 2.45) is 0 Å². The van der Waals surface area contributed by atoms with E-state index in [0.717, 1.165) is 44.9 Å². The average Bonchev–Trinajstić information content (AvgIpc) is 2.58. The maximum Gasteiger partial charge on any atom is 0.283 e. The van der Waals surface area contributed by atoms with Gasteiger partial charge in [0.2, 0.25) is 0 Å². The number of rotatable bonds is 8. The van der Waals surface area contributed by atoms with Crippen LogP contribution in [0.4, 0.5) is 0 Å². The number of aryl methyl sites for hydroxylation is 1. The quantitative estimate of drug-likeness (QED) is 0.686. The Balaban J connectivity index is 2.00. The van der Waals surface area contributed by atoms with Gasteiger partial charge in [-0.3, -0.25) is 4.79 Å². The number of morpholine rings is 1. The molecule has 1 aliphatic rings. The Morgan fingerprint density at radius 3 is 2.65 bits per heavy atom. The van der Waals surface area contributed by atoms with Crippen molar-refractivity contribution in [1.82, 2.24) is 5.32 Å². The van der Waals surface area contributed by atoms with Gasteiger partial charge >= 0.3 is 0 Å². The molecule has 1 aromatic rings. The van der Waals surface area contributed by atoms with Crippen LogP contribution in [0.25, 0.3) is 0 Å². The lowest BCUT2D eigenvalue weighted by atomic mass is 10.0. The molecule has 0 aromatic heterocycles. The highest BCUT2D eigenvalue weighted by molar-refractivity contribution is 5.81. The van der Waals surface area contributed by atoms with E-state index in [1.807, 2.05) is 6.92 Å². The van der Waals surface area contributed by atoms with E-state index >= 15 is 0 Å². The molecule has 0 spiro atoms. The fraction of sp³-hybridized carbons (Fsp3) is 0.611. The molecule has 1 unspecified atom stereocenters. The molecule has 5 nitrogen and oxygen atoms in total. The third kappa shape index (κ3) is 5.61. The summed E-state index contributed by atoms with van der Waals surface area (Å²) >= 11 is 0. The second kappa shape index (κ2) is 9.65. The summed E-state index contributed by atoms with van der Waals surface area (Å²) in [6.45, 7) is 9.28. The van der Waals surface area contributed by atoms with Crippen LogP contribution >= 0.6 is 0 Å². The number of hydrogen-bond donors (Lipinski definition) is 2. The molecule has 1 aromatic carbocycles. The van der Waals surface area contributed by atoms with Crippen LogP contribution in [0, 0.1) is 6.92 Å². The normalized spacial score (nSPS) is 17.0. The van der Waals surface area contributed by atoms with Gasteiger partial charge in [-0.15, -0.1) is 0 Å². The van der Waals surface area contributed by atoms with E-state index in [9.17, 15) is 4.79 Å². The van der Waals surface area contributed by atoms with Gasteiger partial charge in [0.1, 0.15) is 13.1 Å². The Morgan fingerprint density at radius 1 is 1.30 bits per heavy atom. The Hall–Kier alpha value is -1.43. The minimum Gasteiger partial charge on any atom is -0.382 e. The predicted octanol–water partition coefficient (Wildman–Crippen LogP) is 0.494. The van der Waals surface area contributed by atoms with E-state index in [1.165, 1.54) is 10.5 Å². The van der Waals surface area contributed by atoms with Gasteiger partial charge in [-0.1, -0.05) is 29.8 Å². The van der Waals surface area contributed by atoms with Gasteiger partial charge in [0.25, 0.3) is 5.91 Å². The fourth-order valence-electron chi connectivity index (χ4n) is 2.89. The largest absolute Gasteiger partial charge is 0.382 e. The maximum absolute atomic E-state index is 12.7. The van der Waals surface area contributed by atoms with E-state index in [2.05, 4.69) is 36.5 Å². The van der Waals surface area contributed by atoms with E-state index < -0.39 is 0 Å². The zero-order valence-corrected chi connectivity index (χ0v) is 14.3. The predicted molar refractivity (Wildman–Crippen MR) is 89.6 cm³/mol. The van der Waals surface area contributed by atoms with Gasteiger partial charge in [0.15, 0.2) is 6.04 Å². The summed E-state index contributed by atoms with van der Waals surface area (Å²) in [5.74, 6) is 0.0993. The molecule has 0 radical (unpaired) electrons. The van der Waals surface area contributed by atoms with Crippen LogP contribution < -0.4 is 10.2 Å².